The molecule has 0 bridgehead atoms. The lowest BCUT2D eigenvalue weighted by Crippen LogP contribution is -2.46. The molecule has 7 heteroatoms. The standard InChI is InChI=1S/C19H20N2O4S/c1-11-17(12-5-3-4-6-13(12)20-11)15(22)9-25-18(24)14-10-26-19(2)8-7-16(23)21(14)19/h3-6,14,20H,7-10H2,1-2H3/t14-,19-/m1/s1. The fourth-order valence-electron chi connectivity index (χ4n) is 3.94. The molecule has 26 heavy (non-hydrogen) atoms. The molecule has 0 saturated carbocycles. The third-order valence-corrected chi connectivity index (χ3v) is 6.74. The number of aryl methyl sites for hydroxylation is 1. The van der Waals surface area contributed by atoms with Crippen LogP contribution in [0.15, 0.2) is 24.3 Å². The average Bonchev–Trinajstić information content (AvgIpc) is 3.23. The Balaban J connectivity index is 1.47. The second kappa shape index (κ2) is 6.16. The Morgan fingerprint density at radius 2 is 2.15 bits per heavy atom. The first kappa shape index (κ1) is 17.1. The Bertz CT molecular complexity index is 921. The maximum absolute atomic E-state index is 12.6. The summed E-state index contributed by atoms with van der Waals surface area (Å²) < 4.78 is 5.31. The molecule has 2 aliphatic heterocycles. The Morgan fingerprint density at radius 3 is 2.96 bits per heavy atom. The number of esters is 1. The molecule has 6 nitrogen and oxygen atoms in total. The normalized spacial score (nSPS) is 24.9. The minimum absolute atomic E-state index is 0.0155. The lowest BCUT2D eigenvalue weighted by atomic mass is 10.1. The van der Waals surface area contributed by atoms with Crippen LogP contribution in [0.25, 0.3) is 10.9 Å². The number of hydrogen-bond acceptors (Lipinski definition) is 5. The van der Waals surface area contributed by atoms with Crippen molar-refractivity contribution >= 4 is 40.3 Å². The molecule has 1 aromatic carbocycles. The molecule has 1 aromatic heterocycles. The van der Waals surface area contributed by atoms with Gasteiger partial charge >= 0.3 is 5.97 Å². The number of rotatable bonds is 4. The molecule has 0 unspecified atom stereocenters. The highest BCUT2D eigenvalue weighted by Gasteiger charge is 2.53. The van der Waals surface area contributed by atoms with Crippen molar-refractivity contribution in [2.24, 2.45) is 0 Å². The van der Waals surface area contributed by atoms with E-state index in [1.165, 1.54) is 0 Å². The van der Waals surface area contributed by atoms with Crippen molar-refractivity contribution in [3.05, 3.63) is 35.5 Å². The number of aromatic amines is 1. The minimum atomic E-state index is -0.600. The lowest BCUT2D eigenvalue weighted by molar-refractivity contribution is -0.152. The zero-order valence-electron chi connectivity index (χ0n) is 14.7. The quantitative estimate of drug-likeness (QED) is 0.659. The number of aromatic nitrogens is 1. The minimum Gasteiger partial charge on any atom is -0.456 e. The largest absolute Gasteiger partial charge is 0.456 e. The number of amides is 1. The number of nitrogens with zero attached hydrogens (tertiary/aromatic N) is 1. The Morgan fingerprint density at radius 1 is 1.38 bits per heavy atom. The van der Waals surface area contributed by atoms with E-state index in [1.54, 1.807) is 16.7 Å². The number of hydrogen-bond donors (Lipinski definition) is 1. The highest BCUT2D eigenvalue weighted by Crippen LogP contribution is 2.47. The molecule has 3 heterocycles. The number of benzene rings is 1. The first-order valence-electron chi connectivity index (χ1n) is 8.64. The van der Waals surface area contributed by atoms with Crippen LogP contribution in [-0.2, 0) is 14.3 Å². The maximum Gasteiger partial charge on any atom is 0.330 e. The van der Waals surface area contributed by atoms with Gasteiger partial charge < -0.3 is 14.6 Å². The van der Waals surface area contributed by atoms with Crippen molar-refractivity contribution in [2.75, 3.05) is 12.4 Å². The van der Waals surface area contributed by atoms with Crippen LogP contribution < -0.4 is 0 Å². The third kappa shape index (κ3) is 2.61. The number of carbonyl (C=O) groups is 3. The topological polar surface area (TPSA) is 79.5 Å². The van der Waals surface area contributed by atoms with Crippen LogP contribution in [0, 0.1) is 6.92 Å². The molecule has 1 N–H and O–H groups in total. The molecule has 1 amide bonds. The molecule has 0 aliphatic carbocycles. The van der Waals surface area contributed by atoms with Crippen molar-refractivity contribution < 1.29 is 19.1 Å². The van der Waals surface area contributed by atoms with Gasteiger partial charge in [-0.3, -0.25) is 9.59 Å². The molecule has 2 aliphatic rings. The number of ketones is 1. The van der Waals surface area contributed by atoms with E-state index in [9.17, 15) is 14.4 Å². The second-order valence-corrected chi connectivity index (χ2v) is 8.47. The van der Waals surface area contributed by atoms with E-state index < -0.39 is 12.0 Å². The highest BCUT2D eigenvalue weighted by atomic mass is 32.2. The van der Waals surface area contributed by atoms with Crippen LogP contribution in [0.4, 0.5) is 0 Å². The van der Waals surface area contributed by atoms with Gasteiger partial charge in [-0.25, -0.2) is 4.79 Å². The van der Waals surface area contributed by atoms with Crippen molar-refractivity contribution in [3.63, 3.8) is 0 Å². The van der Waals surface area contributed by atoms with Gasteiger partial charge in [0.15, 0.2) is 6.61 Å². The summed E-state index contributed by atoms with van der Waals surface area (Å²) >= 11 is 1.61. The Kier molecular flexibility index (Phi) is 4.06. The predicted molar refractivity (Wildman–Crippen MR) is 99.1 cm³/mol. The summed E-state index contributed by atoms with van der Waals surface area (Å²) in [6, 6.07) is 6.94. The van der Waals surface area contributed by atoms with Crippen LogP contribution in [0.1, 0.15) is 35.8 Å². The zero-order valence-corrected chi connectivity index (χ0v) is 15.5. The van der Waals surface area contributed by atoms with E-state index >= 15 is 0 Å². The molecule has 2 saturated heterocycles. The number of thioether (sulfide) groups is 1. The first-order chi connectivity index (χ1) is 12.4. The smallest absolute Gasteiger partial charge is 0.330 e. The number of Topliss-reactive ketones (excluding diaryl/α,β-unsaturated/α-hetero) is 1. The van der Waals surface area contributed by atoms with E-state index in [-0.39, 0.29) is 23.2 Å². The second-order valence-electron chi connectivity index (χ2n) is 6.97. The van der Waals surface area contributed by atoms with Crippen LogP contribution >= 0.6 is 11.8 Å². The molecule has 0 radical (unpaired) electrons. The number of carbonyl (C=O) groups excluding carboxylic acids is 3. The molecule has 2 fully saturated rings. The van der Waals surface area contributed by atoms with E-state index in [0.717, 1.165) is 23.0 Å². The van der Waals surface area contributed by atoms with Gasteiger partial charge in [-0.15, -0.1) is 11.8 Å². The number of nitrogens with one attached hydrogen (secondary N) is 1. The summed E-state index contributed by atoms with van der Waals surface area (Å²) in [6.07, 6.45) is 1.20. The number of H-pyrrole nitrogens is 1. The monoisotopic (exact) mass is 372 g/mol. The zero-order chi connectivity index (χ0) is 18.5. The highest BCUT2D eigenvalue weighted by molar-refractivity contribution is 8.01. The van der Waals surface area contributed by atoms with Gasteiger partial charge in [-0.1, -0.05) is 18.2 Å². The molecular weight excluding hydrogens is 352 g/mol. The molecule has 0 spiro atoms. The molecule has 4 rings (SSSR count). The van der Waals surface area contributed by atoms with Crippen LogP contribution in [0.3, 0.4) is 0 Å². The van der Waals surface area contributed by atoms with Crippen LogP contribution in [0.5, 0.6) is 0 Å². The predicted octanol–water partition coefficient (Wildman–Crippen LogP) is 2.66. The van der Waals surface area contributed by atoms with Gasteiger partial charge in [0.05, 0.1) is 4.87 Å². The first-order valence-corrected chi connectivity index (χ1v) is 9.62. The summed E-state index contributed by atoms with van der Waals surface area (Å²) in [7, 11) is 0. The molecule has 2 atom stereocenters. The molecule has 2 aromatic rings. The van der Waals surface area contributed by atoms with Crippen molar-refractivity contribution in [2.45, 2.75) is 37.6 Å². The van der Waals surface area contributed by atoms with E-state index in [4.69, 9.17) is 4.74 Å². The maximum atomic E-state index is 12.6. The fourth-order valence-corrected chi connectivity index (χ4v) is 5.35. The van der Waals surface area contributed by atoms with Gasteiger partial charge in [-0.05, 0) is 26.3 Å². The number of ether oxygens (including phenoxy) is 1. The fraction of sp³-hybridized carbons (Fsp3) is 0.421. The van der Waals surface area contributed by atoms with E-state index in [2.05, 4.69) is 4.98 Å². The third-order valence-electron chi connectivity index (χ3n) is 5.23. The number of para-hydroxylation sites is 1. The van der Waals surface area contributed by atoms with Gasteiger partial charge in [0.25, 0.3) is 0 Å². The van der Waals surface area contributed by atoms with Gasteiger partial charge in [0.1, 0.15) is 6.04 Å². The molecular formula is C19H20N2O4S. The summed E-state index contributed by atoms with van der Waals surface area (Å²) in [5.41, 5.74) is 2.19. The van der Waals surface area contributed by atoms with Gasteiger partial charge in [-0.2, -0.15) is 0 Å². The summed E-state index contributed by atoms with van der Waals surface area (Å²) in [6.45, 7) is 3.49. The Hall–Kier alpha value is -2.28. The van der Waals surface area contributed by atoms with Crippen molar-refractivity contribution in [1.29, 1.82) is 0 Å². The van der Waals surface area contributed by atoms with Crippen molar-refractivity contribution in [3.8, 4) is 0 Å². The lowest BCUT2D eigenvalue weighted by Gasteiger charge is -2.29. The van der Waals surface area contributed by atoms with Crippen molar-refractivity contribution in [1.82, 2.24) is 9.88 Å². The SMILES string of the molecule is Cc1[nH]c2ccccc2c1C(=O)COC(=O)[C@H]1CS[C@]2(C)CCC(=O)N12. The van der Waals surface area contributed by atoms with E-state index in [0.29, 0.717) is 17.7 Å². The molecule has 136 valence electrons. The average molecular weight is 372 g/mol. The summed E-state index contributed by atoms with van der Waals surface area (Å²) in [5.74, 6) is -0.239. The van der Waals surface area contributed by atoms with Gasteiger partial charge in [0.2, 0.25) is 11.7 Å². The van der Waals surface area contributed by atoms with E-state index in [1.807, 2.05) is 38.1 Å². The Labute approximate surface area is 155 Å². The van der Waals surface area contributed by atoms with Crippen LogP contribution in [0.2, 0.25) is 0 Å². The summed E-state index contributed by atoms with van der Waals surface area (Å²) in [4.78, 5) is 41.8. The van der Waals surface area contributed by atoms with Crippen LogP contribution in [-0.4, -0.2) is 50.8 Å². The summed E-state index contributed by atoms with van der Waals surface area (Å²) in [5, 5.41) is 0.824. The number of fused-ring (bicyclic) bond motifs is 2. The van der Waals surface area contributed by atoms with Gasteiger partial charge in [0, 0.05) is 34.3 Å².